The summed E-state index contributed by atoms with van der Waals surface area (Å²) in [5.41, 5.74) is 1.22. The minimum atomic E-state index is -3.37. The van der Waals surface area contributed by atoms with Crippen molar-refractivity contribution in [2.75, 3.05) is 21.9 Å². The molecule has 1 amide bonds. The molecule has 1 aliphatic rings. The molecule has 0 bridgehead atoms. The topological polar surface area (TPSA) is 105 Å². The molecule has 0 radical (unpaired) electrons. The predicted octanol–water partition coefficient (Wildman–Crippen LogP) is 3.02. The second-order valence-electron chi connectivity index (χ2n) is 6.49. The largest absolute Gasteiger partial charge is 0.506 e. The Morgan fingerprint density at radius 3 is 2.69 bits per heavy atom. The molecule has 150 valence electrons. The van der Waals surface area contributed by atoms with E-state index in [1.807, 2.05) is 0 Å². The van der Waals surface area contributed by atoms with Crippen molar-refractivity contribution in [2.24, 2.45) is 0 Å². The average Bonchev–Trinajstić information content (AvgIpc) is 3.30. The molecule has 0 aliphatic carbocycles. The van der Waals surface area contributed by atoms with Crippen LogP contribution in [0.2, 0.25) is 5.02 Å². The molecule has 29 heavy (non-hydrogen) atoms. The van der Waals surface area contributed by atoms with Crippen LogP contribution in [0.5, 0.6) is 5.75 Å². The maximum atomic E-state index is 12.6. The number of hydrogen-bond acceptors (Lipinski definition) is 5. The minimum absolute atomic E-state index is 0.0784. The number of benzene rings is 2. The van der Waals surface area contributed by atoms with Crippen molar-refractivity contribution in [3.63, 3.8) is 0 Å². The van der Waals surface area contributed by atoms with Gasteiger partial charge in [0.25, 0.3) is 5.91 Å². The Hall–Kier alpha value is -3.04. The molecule has 8 nitrogen and oxygen atoms in total. The molecule has 1 aromatic heterocycles. The van der Waals surface area contributed by atoms with E-state index in [1.165, 1.54) is 33.3 Å². The Kier molecular flexibility index (Phi) is 4.93. The number of halogens is 1. The van der Waals surface area contributed by atoms with Crippen LogP contribution in [0, 0.1) is 0 Å². The lowest BCUT2D eigenvalue weighted by Gasteiger charge is -2.18. The van der Waals surface area contributed by atoms with E-state index in [-0.39, 0.29) is 22.9 Å². The summed E-state index contributed by atoms with van der Waals surface area (Å²) in [6, 6.07) is 12.9. The number of phenolic OH excluding ortho intramolecular Hbond substituents is 1. The fourth-order valence-electron chi connectivity index (χ4n) is 3.11. The first-order valence-corrected chi connectivity index (χ1v) is 10.8. The third-order valence-corrected chi connectivity index (χ3v) is 6.73. The van der Waals surface area contributed by atoms with Gasteiger partial charge in [-0.2, -0.15) is 5.10 Å². The molecule has 1 fully saturated rings. The van der Waals surface area contributed by atoms with Crippen molar-refractivity contribution in [2.45, 2.75) is 6.42 Å². The average molecular weight is 433 g/mol. The normalized spacial score (nSPS) is 15.4. The number of nitrogens with zero attached hydrogens (tertiary/aromatic N) is 3. The van der Waals surface area contributed by atoms with Gasteiger partial charge in [0, 0.05) is 12.7 Å². The highest BCUT2D eigenvalue weighted by Crippen LogP contribution is 2.32. The van der Waals surface area contributed by atoms with Gasteiger partial charge in [0.1, 0.15) is 5.75 Å². The molecule has 2 aromatic carbocycles. The summed E-state index contributed by atoms with van der Waals surface area (Å²) < 4.78 is 27.0. The van der Waals surface area contributed by atoms with Gasteiger partial charge in [-0.25, -0.2) is 13.1 Å². The molecule has 4 rings (SSSR count). The third-order valence-electron chi connectivity index (χ3n) is 4.54. The summed E-state index contributed by atoms with van der Waals surface area (Å²) in [5.74, 6) is -0.647. The van der Waals surface area contributed by atoms with Crippen LogP contribution in [-0.2, 0) is 10.0 Å². The van der Waals surface area contributed by atoms with E-state index in [0.717, 1.165) is 0 Å². The van der Waals surface area contributed by atoms with Crippen molar-refractivity contribution in [3.8, 4) is 11.4 Å². The Morgan fingerprint density at radius 2 is 1.97 bits per heavy atom. The third kappa shape index (κ3) is 3.79. The van der Waals surface area contributed by atoms with Crippen LogP contribution in [0.4, 0.5) is 11.4 Å². The quantitative estimate of drug-likeness (QED) is 0.616. The van der Waals surface area contributed by atoms with Crippen LogP contribution in [0.1, 0.15) is 16.9 Å². The lowest BCUT2D eigenvalue weighted by Crippen LogP contribution is -2.25. The molecule has 0 unspecified atom stereocenters. The number of hydrogen-bond donors (Lipinski definition) is 2. The molecule has 2 N–H and O–H groups in total. The second-order valence-corrected chi connectivity index (χ2v) is 8.91. The second kappa shape index (κ2) is 7.41. The number of amides is 1. The van der Waals surface area contributed by atoms with Crippen LogP contribution < -0.4 is 9.62 Å². The van der Waals surface area contributed by atoms with Gasteiger partial charge >= 0.3 is 0 Å². The van der Waals surface area contributed by atoms with Gasteiger partial charge < -0.3 is 10.4 Å². The first-order valence-electron chi connectivity index (χ1n) is 8.80. The highest BCUT2D eigenvalue weighted by atomic mass is 35.5. The SMILES string of the molecule is O=C(Nc1cc(N2CCCS2(=O)=O)ccc1O)c1ccn(-c2ccccc2Cl)n1. The summed E-state index contributed by atoms with van der Waals surface area (Å²) in [6.45, 7) is 0.364. The molecular formula is C19H17ClN4O4S. The maximum Gasteiger partial charge on any atom is 0.276 e. The summed E-state index contributed by atoms with van der Waals surface area (Å²) in [6.07, 6.45) is 2.13. The van der Waals surface area contributed by atoms with Gasteiger partial charge in [-0.3, -0.25) is 9.10 Å². The number of aromatic nitrogens is 2. The number of rotatable bonds is 4. The molecule has 0 saturated carbocycles. The standard InChI is InChI=1S/C19H17ClN4O4S/c20-14-4-1-2-5-17(14)23-10-8-15(22-23)19(26)21-16-12-13(6-7-18(16)25)24-9-3-11-29(24,27)28/h1-2,4-8,10,12,25H,3,9,11H2,(H,21,26). The van der Waals surface area contributed by atoms with E-state index in [1.54, 1.807) is 30.5 Å². The summed E-state index contributed by atoms with van der Waals surface area (Å²) in [4.78, 5) is 12.6. The van der Waals surface area contributed by atoms with Gasteiger partial charge in [0.05, 0.1) is 27.8 Å². The number of carbonyl (C=O) groups is 1. The zero-order chi connectivity index (χ0) is 20.6. The molecule has 1 aliphatic heterocycles. The van der Waals surface area contributed by atoms with Crippen LogP contribution in [0.3, 0.4) is 0 Å². The number of para-hydroxylation sites is 1. The number of aromatic hydroxyl groups is 1. The maximum absolute atomic E-state index is 12.6. The summed E-state index contributed by atoms with van der Waals surface area (Å²) in [5, 5.41) is 17.4. The van der Waals surface area contributed by atoms with Crippen molar-refractivity contribution in [3.05, 3.63) is 65.4 Å². The van der Waals surface area contributed by atoms with Crippen LogP contribution in [-0.4, -0.2) is 41.5 Å². The highest BCUT2D eigenvalue weighted by molar-refractivity contribution is 7.93. The van der Waals surface area contributed by atoms with E-state index in [2.05, 4.69) is 10.4 Å². The van der Waals surface area contributed by atoms with E-state index in [4.69, 9.17) is 11.6 Å². The molecule has 3 aromatic rings. The summed E-state index contributed by atoms with van der Waals surface area (Å²) in [7, 11) is -3.37. The van der Waals surface area contributed by atoms with Crippen molar-refractivity contribution < 1.29 is 18.3 Å². The monoisotopic (exact) mass is 432 g/mol. The molecule has 0 spiro atoms. The van der Waals surface area contributed by atoms with Gasteiger partial charge in [-0.1, -0.05) is 23.7 Å². The molecule has 2 heterocycles. The van der Waals surface area contributed by atoms with Gasteiger partial charge in [-0.05, 0) is 42.8 Å². The fourth-order valence-corrected chi connectivity index (χ4v) is 4.89. The van der Waals surface area contributed by atoms with Crippen LogP contribution >= 0.6 is 11.6 Å². The molecular weight excluding hydrogens is 416 g/mol. The lowest BCUT2D eigenvalue weighted by atomic mass is 10.2. The molecule has 1 saturated heterocycles. The summed E-state index contributed by atoms with van der Waals surface area (Å²) >= 11 is 6.15. The van der Waals surface area contributed by atoms with Crippen molar-refractivity contribution in [1.82, 2.24) is 9.78 Å². The zero-order valence-electron chi connectivity index (χ0n) is 15.1. The number of anilines is 2. The van der Waals surface area contributed by atoms with E-state index < -0.39 is 15.9 Å². The predicted molar refractivity (Wildman–Crippen MR) is 110 cm³/mol. The van der Waals surface area contributed by atoms with Crippen LogP contribution in [0.15, 0.2) is 54.7 Å². The smallest absolute Gasteiger partial charge is 0.276 e. The Labute approximate surface area is 172 Å². The lowest BCUT2D eigenvalue weighted by molar-refractivity contribution is 0.102. The van der Waals surface area contributed by atoms with Crippen LogP contribution in [0.25, 0.3) is 5.69 Å². The number of nitrogens with one attached hydrogen (secondary N) is 1. The number of sulfonamides is 1. The fraction of sp³-hybridized carbons (Fsp3) is 0.158. The van der Waals surface area contributed by atoms with E-state index >= 15 is 0 Å². The van der Waals surface area contributed by atoms with Gasteiger partial charge in [-0.15, -0.1) is 0 Å². The van der Waals surface area contributed by atoms with Crippen molar-refractivity contribution in [1.29, 1.82) is 0 Å². The number of phenols is 1. The van der Waals surface area contributed by atoms with Crippen molar-refractivity contribution >= 4 is 38.9 Å². The Balaban J connectivity index is 1.58. The Bertz CT molecular complexity index is 1190. The number of carbonyl (C=O) groups excluding carboxylic acids is 1. The van der Waals surface area contributed by atoms with E-state index in [9.17, 15) is 18.3 Å². The highest BCUT2D eigenvalue weighted by Gasteiger charge is 2.29. The Morgan fingerprint density at radius 1 is 1.17 bits per heavy atom. The first-order chi connectivity index (χ1) is 13.8. The van der Waals surface area contributed by atoms with E-state index in [0.29, 0.717) is 29.4 Å². The first kappa shape index (κ1) is 19.3. The molecule has 0 atom stereocenters. The van der Waals surface area contributed by atoms with Gasteiger partial charge in [0.2, 0.25) is 10.0 Å². The minimum Gasteiger partial charge on any atom is -0.506 e. The van der Waals surface area contributed by atoms with Gasteiger partial charge in [0.15, 0.2) is 5.69 Å². The molecule has 10 heteroatoms. The zero-order valence-corrected chi connectivity index (χ0v) is 16.7.